The van der Waals surface area contributed by atoms with Crippen LogP contribution in [0.1, 0.15) is 11.3 Å². The molecule has 210 valence electrons. The van der Waals surface area contributed by atoms with Gasteiger partial charge in [0.1, 0.15) is 21.2 Å². The van der Waals surface area contributed by atoms with Gasteiger partial charge < -0.3 is 21.5 Å². The summed E-state index contributed by atoms with van der Waals surface area (Å²) < 4.78 is 62.9. The van der Waals surface area contributed by atoms with Crippen LogP contribution in [0.2, 0.25) is 5.02 Å². The number of aliphatic carboxylic acids is 1. The summed E-state index contributed by atoms with van der Waals surface area (Å²) in [5.41, 5.74) is 11.5. The van der Waals surface area contributed by atoms with Crippen LogP contribution >= 0.6 is 34.3 Å². The van der Waals surface area contributed by atoms with Crippen molar-refractivity contribution >= 4 is 82.4 Å². The zero-order valence-electron chi connectivity index (χ0n) is 19.4. The van der Waals surface area contributed by atoms with Gasteiger partial charge in [-0.1, -0.05) is 17.7 Å². The van der Waals surface area contributed by atoms with Crippen molar-refractivity contribution in [3.63, 3.8) is 0 Å². The van der Waals surface area contributed by atoms with Crippen LogP contribution in [0.5, 0.6) is 0 Å². The normalized spacial score (nSPS) is 15.6. The maximum absolute atomic E-state index is 11.7. The number of carboxylic acid groups (broad SMARTS) is 1. The number of benzene rings is 1. The molecule has 3 aromatic heterocycles. The zero-order valence-corrected chi connectivity index (χ0v) is 22.6. The first kappa shape index (κ1) is 30.5. The van der Waals surface area contributed by atoms with Gasteiger partial charge in [0.05, 0.1) is 18.0 Å². The number of anilines is 1. The van der Waals surface area contributed by atoms with Crippen LogP contribution in [0, 0.1) is 0 Å². The number of carbonyl (C=O) groups excluding carboxylic acids is 1. The maximum atomic E-state index is 11.7. The van der Waals surface area contributed by atoms with Crippen molar-refractivity contribution in [1.29, 1.82) is 0 Å². The molecule has 39 heavy (non-hydrogen) atoms. The Kier molecular flexibility index (Phi) is 9.35. The molecule has 0 aliphatic carbocycles. The SMILES string of the molecule is Nc1ncnc2sc(CN3CC[C@H](N)C3=O)cc12.O=C(O)C(F)(F)F.O=S(=O)(O)c1cc2ccc(Cl)cc2s1. The monoisotopic (exact) mass is 625 g/mol. The van der Waals surface area contributed by atoms with E-state index >= 15 is 0 Å². The van der Waals surface area contributed by atoms with E-state index in [-0.39, 0.29) is 16.2 Å². The first-order valence-electron chi connectivity index (χ1n) is 10.6. The second-order valence-electron chi connectivity index (χ2n) is 7.87. The number of carbonyl (C=O) groups is 2. The second-order valence-corrected chi connectivity index (χ2v) is 12.2. The second kappa shape index (κ2) is 12.0. The zero-order chi connectivity index (χ0) is 29.1. The Bertz CT molecular complexity index is 1630. The van der Waals surface area contributed by atoms with Crippen molar-refractivity contribution in [2.75, 3.05) is 12.3 Å². The smallest absolute Gasteiger partial charge is 0.475 e. The number of hydrogen-bond donors (Lipinski definition) is 4. The first-order chi connectivity index (χ1) is 18.1. The number of hydrogen-bond acceptors (Lipinski definition) is 10. The standard InChI is InChI=1S/C11H13N5OS.C8H5ClO3S2.C2HF3O2/c12-8-1-2-16(11(8)17)4-6-3-7-9(13)14-5-15-10(7)18-6;9-6-2-1-5-3-8(14(10,11)12)13-7(5)4-6;3-2(4,5)1(6)7/h3,5,8H,1-2,4,12H2,(H2,13,14,15);1-4H,(H,10,11,12);(H,6,7)/t8-;;/m0../s1. The molecule has 0 bridgehead atoms. The molecule has 11 nitrogen and oxygen atoms in total. The van der Waals surface area contributed by atoms with Gasteiger partial charge in [-0.15, -0.1) is 22.7 Å². The van der Waals surface area contributed by atoms with E-state index in [9.17, 15) is 26.4 Å². The van der Waals surface area contributed by atoms with Gasteiger partial charge in [0.15, 0.2) is 0 Å². The van der Waals surface area contributed by atoms with Crippen LogP contribution in [-0.4, -0.2) is 63.6 Å². The van der Waals surface area contributed by atoms with Crippen LogP contribution in [0.15, 0.2) is 40.9 Å². The summed E-state index contributed by atoms with van der Waals surface area (Å²) in [6, 6.07) is 8.07. The first-order valence-corrected chi connectivity index (χ1v) is 14.0. The molecule has 4 aromatic rings. The number of thiophene rings is 2. The van der Waals surface area contributed by atoms with Gasteiger partial charge in [-0.25, -0.2) is 14.8 Å². The summed E-state index contributed by atoms with van der Waals surface area (Å²) in [5.74, 6) is -2.26. The van der Waals surface area contributed by atoms with Crippen molar-refractivity contribution in [3.05, 3.63) is 46.6 Å². The molecule has 18 heteroatoms. The van der Waals surface area contributed by atoms with Crippen LogP contribution in [0.4, 0.5) is 19.0 Å². The third kappa shape index (κ3) is 7.96. The number of carboxylic acids is 1. The Labute approximate surface area is 231 Å². The summed E-state index contributed by atoms with van der Waals surface area (Å²) in [4.78, 5) is 32.5. The van der Waals surface area contributed by atoms with Gasteiger partial charge in [-0.2, -0.15) is 21.6 Å². The lowest BCUT2D eigenvalue weighted by atomic mass is 10.3. The highest BCUT2D eigenvalue weighted by Gasteiger charge is 2.38. The average molecular weight is 626 g/mol. The van der Waals surface area contributed by atoms with E-state index in [0.29, 0.717) is 17.4 Å². The topological polar surface area (TPSA) is 190 Å². The van der Waals surface area contributed by atoms with Crippen molar-refractivity contribution in [3.8, 4) is 0 Å². The third-order valence-electron chi connectivity index (χ3n) is 5.05. The highest BCUT2D eigenvalue weighted by Crippen LogP contribution is 2.31. The van der Waals surface area contributed by atoms with Gasteiger partial charge >= 0.3 is 22.3 Å². The van der Waals surface area contributed by atoms with Crippen molar-refractivity contribution < 1.29 is 40.8 Å². The lowest BCUT2D eigenvalue weighted by Gasteiger charge is -2.14. The van der Waals surface area contributed by atoms with E-state index in [4.69, 9.17) is 37.5 Å². The molecule has 1 aliphatic rings. The number of fused-ring (bicyclic) bond motifs is 2. The number of aromatic nitrogens is 2. The van der Waals surface area contributed by atoms with Gasteiger partial charge in [0.25, 0.3) is 0 Å². The van der Waals surface area contributed by atoms with E-state index < -0.39 is 22.3 Å². The number of nitrogens with zero attached hydrogens (tertiary/aromatic N) is 3. The largest absolute Gasteiger partial charge is 0.490 e. The van der Waals surface area contributed by atoms with Gasteiger partial charge in [-0.05, 0) is 36.1 Å². The summed E-state index contributed by atoms with van der Waals surface area (Å²) in [6.45, 7) is 1.29. The molecule has 1 fully saturated rings. The van der Waals surface area contributed by atoms with Crippen molar-refractivity contribution in [2.24, 2.45) is 5.73 Å². The Morgan fingerprint density at radius 1 is 1.21 bits per heavy atom. The molecule has 1 aromatic carbocycles. The fraction of sp³-hybridized carbons (Fsp3) is 0.238. The molecule has 5 rings (SSSR count). The fourth-order valence-corrected chi connectivity index (χ4v) is 6.27. The highest BCUT2D eigenvalue weighted by molar-refractivity contribution is 7.88. The summed E-state index contributed by atoms with van der Waals surface area (Å²) in [5, 5.41) is 9.28. The molecule has 1 atom stereocenters. The van der Waals surface area contributed by atoms with E-state index in [1.54, 1.807) is 23.1 Å². The fourth-order valence-electron chi connectivity index (χ4n) is 3.22. The van der Waals surface area contributed by atoms with Gasteiger partial charge in [-0.3, -0.25) is 9.35 Å². The Morgan fingerprint density at radius 3 is 2.41 bits per heavy atom. The Morgan fingerprint density at radius 2 is 1.87 bits per heavy atom. The number of halogens is 4. The van der Waals surface area contributed by atoms with Crippen molar-refractivity contribution in [2.45, 2.75) is 29.4 Å². The molecule has 0 radical (unpaired) electrons. The molecule has 0 saturated carbocycles. The molecular weight excluding hydrogens is 607 g/mol. The van der Waals surface area contributed by atoms with Crippen LogP contribution in [-0.2, 0) is 26.3 Å². The quantitative estimate of drug-likeness (QED) is 0.244. The van der Waals surface area contributed by atoms with Crippen LogP contribution in [0.3, 0.4) is 0 Å². The number of rotatable bonds is 3. The molecule has 0 spiro atoms. The predicted molar refractivity (Wildman–Crippen MR) is 140 cm³/mol. The van der Waals surface area contributed by atoms with E-state index in [1.165, 1.54) is 23.7 Å². The minimum Gasteiger partial charge on any atom is -0.475 e. The molecule has 0 unspecified atom stereocenters. The minimum atomic E-state index is -5.08. The van der Waals surface area contributed by atoms with Crippen molar-refractivity contribution in [1.82, 2.24) is 14.9 Å². The van der Waals surface area contributed by atoms with E-state index in [0.717, 1.165) is 49.5 Å². The molecule has 6 N–H and O–H groups in total. The summed E-state index contributed by atoms with van der Waals surface area (Å²) >= 11 is 8.27. The lowest BCUT2D eigenvalue weighted by Crippen LogP contribution is -2.33. The summed E-state index contributed by atoms with van der Waals surface area (Å²) in [7, 11) is -4.10. The van der Waals surface area contributed by atoms with Gasteiger partial charge in [0, 0.05) is 21.1 Å². The number of alkyl halides is 3. The van der Waals surface area contributed by atoms with Crippen LogP contribution in [0.25, 0.3) is 20.3 Å². The predicted octanol–water partition coefficient (Wildman–Crippen LogP) is 3.77. The van der Waals surface area contributed by atoms with E-state index in [1.807, 2.05) is 6.07 Å². The molecular formula is C21H19ClF3N5O6S3. The number of nitrogens with two attached hydrogens (primary N) is 2. The lowest BCUT2D eigenvalue weighted by molar-refractivity contribution is -0.192. The Hall–Kier alpha value is -3.09. The highest BCUT2D eigenvalue weighted by atomic mass is 35.5. The van der Waals surface area contributed by atoms with Crippen LogP contribution < -0.4 is 11.5 Å². The molecule has 1 amide bonds. The number of likely N-dealkylation sites (tertiary alicyclic amines) is 1. The number of nitrogen functional groups attached to an aromatic ring is 1. The Balaban J connectivity index is 0.000000178. The third-order valence-corrected chi connectivity index (χ3v) is 8.72. The molecule has 1 saturated heterocycles. The van der Waals surface area contributed by atoms with Gasteiger partial charge in [0.2, 0.25) is 5.91 Å². The van der Waals surface area contributed by atoms with E-state index in [2.05, 4.69) is 9.97 Å². The average Bonchev–Trinajstić information content (AvgIpc) is 3.53. The molecule has 4 heterocycles. The maximum Gasteiger partial charge on any atom is 0.490 e. The summed E-state index contributed by atoms with van der Waals surface area (Å²) in [6.07, 6.45) is -2.90. The number of amides is 1. The molecule has 1 aliphatic heterocycles. The minimum absolute atomic E-state index is 0.0199.